The summed E-state index contributed by atoms with van der Waals surface area (Å²) in [4.78, 5) is 15.8. The molecule has 0 bridgehead atoms. The van der Waals surface area contributed by atoms with E-state index in [0.717, 1.165) is 44.6 Å². The molecule has 0 saturated carbocycles. The first kappa shape index (κ1) is 16.9. The van der Waals surface area contributed by atoms with E-state index in [1.54, 1.807) is 12.1 Å². The van der Waals surface area contributed by atoms with Gasteiger partial charge in [-0.3, -0.25) is 14.6 Å². The standard InChI is InChI=1S/C17H26FN3O/c1-13(6-7-15-4-3-5-16(18)12-15)20-8-10-21(11-9-20)14(2)17(19)22/h3-5,12-14H,6-11H2,1-2H3,(H2,19,22)/t13-,14+/m0/s1. The number of aryl methyl sites for hydroxylation is 1. The number of primary amides is 1. The second kappa shape index (κ2) is 7.70. The maximum atomic E-state index is 13.2. The molecule has 1 amide bonds. The van der Waals surface area contributed by atoms with Crippen molar-refractivity contribution in [2.24, 2.45) is 5.73 Å². The molecule has 1 heterocycles. The van der Waals surface area contributed by atoms with Crippen LogP contribution in [0, 0.1) is 5.82 Å². The first-order chi connectivity index (χ1) is 10.5. The molecule has 1 aromatic carbocycles. The van der Waals surface area contributed by atoms with E-state index in [9.17, 15) is 9.18 Å². The van der Waals surface area contributed by atoms with E-state index in [1.807, 2.05) is 13.0 Å². The predicted molar refractivity (Wildman–Crippen MR) is 86.0 cm³/mol. The van der Waals surface area contributed by atoms with Gasteiger partial charge in [-0.1, -0.05) is 12.1 Å². The maximum Gasteiger partial charge on any atom is 0.234 e. The van der Waals surface area contributed by atoms with E-state index >= 15 is 0 Å². The summed E-state index contributed by atoms with van der Waals surface area (Å²) in [6.07, 6.45) is 1.89. The molecule has 2 N–H and O–H groups in total. The number of carbonyl (C=O) groups excluding carboxylic acids is 1. The van der Waals surface area contributed by atoms with Crippen molar-refractivity contribution in [1.82, 2.24) is 9.80 Å². The average molecular weight is 307 g/mol. The summed E-state index contributed by atoms with van der Waals surface area (Å²) < 4.78 is 13.2. The molecule has 1 aliphatic rings. The third kappa shape index (κ3) is 4.52. The van der Waals surface area contributed by atoms with Gasteiger partial charge in [0, 0.05) is 32.2 Å². The van der Waals surface area contributed by atoms with Crippen LogP contribution in [0.4, 0.5) is 4.39 Å². The van der Waals surface area contributed by atoms with Crippen molar-refractivity contribution in [3.05, 3.63) is 35.6 Å². The van der Waals surface area contributed by atoms with Crippen molar-refractivity contribution in [3.63, 3.8) is 0 Å². The number of hydrogen-bond acceptors (Lipinski definition) is 3. The Morgan fingerprint density at radius 1 is 1.23 bits per heavy atom. The van der Waals surface area contributed by atoms with E-state index in [0.29, 0.717) is 6.04 Å². The van der Waals surface area contributed by atoms with E-state index in [2.05, 4.69) is 16.7 Å². The van der Waals surface area contributed by atoms with Gasteiger partial charge in [-0.2, -0.15) is 0 Å². The second-order valence-electron chi connectivity index (χ2n) is 6.17. The summed E-state index contributed by atoms with van der Waals surface area (Å²) in [7, 11) is 0. The van der Waals surface area contributed by atoms with Crippen LogP contribution in [0.5, 0.6) is 0 Å². The molecule has 4 nitrogen and oxygen atoms in total. The number of nitrogens with zero attached hydrogens (tertiary/aromatic N) is 2. The zero-order valence-electron chi connectivity index (χ0n) is 13.5. The molecule has 0 spiro atoms. The zero-order valence-corrected chi connectivity index (χ0v) is 13.5. The lowest BCUT2D eigenvalue weighted by Crippen LogP contribution is -2.54. The number of halogens is 1. The SMILES string of the molecule is C[C@H](C(N)=O)N1CCN([C@@H](C)CCc2cccc(F)c2)CC1. The van der Waals surface area contributed by atoms with Gasteiger partial charge < -0.3 is 5.73 Å². The Labute approximate surface area is 132 Å². The molecular weight excluding hydrogens is 281 g/mol. The minimum absolute atomic E-state index is 0.167. The highest BCUT2D eigenvalue weighted by atomic mass is 19.1. The fourth-order valence-corrected chi connectivity index (χ4v) is 3.00. The summed E-state index contributed by atoms with van der Waals surface area (Å²) >= 11 is 0. The minimum atomic E-state index is -0.257. The lowest BCUT2D eigenvalue weighted by Gasteiger charge is -2.39. The molecule has 0 radical (unpaired) electrons. The molecule has 2 rings (SSSR count). The first-order valence-corrected chi connectivity index (χ1v) is 7.99. The molecule has 1 fully saturated rings. The van der Waals surface area contributed by atoms with Crippen LogP contribution < -0.4 is 5.73 Å². The van der Waals surface area contributed by atoms with Crippen LogP contribution in [0.2, 0.25) is 0 Å². The smallest absolute Gasteiger partial charge is 0.234 e. The fourth-order valence-electron chi connectivity index (χ4n) is 3.00. The second-order valence-corrected chi connectivity index (χ2v) is 6.17. The largest absolute Gasteiger partial charge is 0.368 e. The maximum absolute atomic E-state index is 13.2. The number of rotatable bonds is 6. The van der Waals surface area contributed by atoms with Crippen LogP contribution >= 0.6 is 0 Å². The molecule has 0 aromatic heterocycles. The molecule has 0 aliphatic carbocycles. The molecule has 0 unspecified atom stereocenters. The third-order valence-corrected chi connectivity index (χ3v) is 4.67. The lowest BCUT2D eigenvalue weighted by molar-refractivity contribution is -0.123. The van der Waals surface area contributed by atoms with Gasteiger partial charge in [0.15, 0.2) is 0 Å². The van der Waals surface area contributed by atoms with Gasteiger partial charge in [0.2, 0.25) is 5.91 Å². The highest BCUT2D eigenvalue weighted by molar-refractivity contribution is 5.79. The third-order valence-electron chi connectivity index (χ3n) is 4.67. The Kier molecular flexibility index (Phi) is 5.91. The Morgan fingerprint density at radius 2 is 1.86 bits per heavy atom. The fraction of sp³-hybridized carbons (Fsp3) is 0.588. The normalized spacial score (nSPS) is 19.8. The molecule has 1 aliphatic heterocycles. The van der Waals surface area contributed by atoms with E-state index in [1.165, 1.54) is 6.07 Å². The lowest BCUT2D eigenvalue weighted by atomic mass is 10.0. The van der Waals surface area contributed by atoms with Gasteiger partial charge >= 0.3 is 0 Å². The van der Waals surface area contributed by atoms with E-state index in [-0.39, 0.29) is 17.8 Å². The van der Waals surface area contributed by atoms with Crippen LogP contribution in [0.1, 0.15) is 25.8 Å². The van der Waals surface area contributed by atoms with Gasteiger partial charge in [0.1, 0.15) is 5.82 Å². The quantitative estimate of drug-likeness (QED) is 0.869. The number of nitrogens with two attached hydrogens (primary N) is 1. The Hall–Kier alpha value is -1.46. The number of hydrogen-bond donors (Lipinski definition) is 1. The van der Waals surface area contributed by atoms with Gasteiger partial charge in [-0.25, -0.2) is 4.39 Å². The van der Waals surface area contributed by atoms with Crippen LogP contribution in [0.25, 0.3) is 0 Å². The highest BCUT2D eigenvalue weighted by Crippen LogP contribution is 2.14. The Bertz CT molecular complexity index is 500. The van der Waals surface area contributed by atoms with Crippen molar-refractivity contribution in [2.45, 2.75) is 38.8 Å². The molecule has 1 aromatic rings. The van der Waals surface area contributed by atoms with Crippen LogP contribution in [-0.4, -0.2) is 54.0 Å². The molecule has 2 atom stereocenters. The topological polar surface area (TPSA) is 49.6 Å². The van der Waals surface area contributed by atoms with E-state index in [4.69, 9.17) is 5.73 Å². The molecular formula is C17H26FN3O. The Morgan fingerprint density at radius 3 is 2.45 bits per heavy atom. The van der Waals surface area contributed by atoms with Crippen LogP contribution in [-0.2, 0) is 11.2 Å². The summed E-state index contributed by atoms with van der Waals surface area (Å²) in [6.45, 7) is 7.71. The predicted octanol–water partition coefficient (Wildman–Crippen LogP) is 1.64. The monoisotopic (exact) mass is 307 g/mol. The van der Waals surface area contributed by atoms with Crippen LogP contribution in [0.15, 0.2) is 24.3 Å². The number of piperazine rings is 1. The van der Waals surface area contributed by atoms with Gasteiger partial charge in [-0.15, -0.1) is 0 Å². The number of benzene rings is 1. The van der Waals surface area contributed by atoms with Gasteiger partial charge in [0.05, 0.1) is 6.04 Å². The Balaban J connectivity index is 1.77. The summed E-state index contributed by atoms with van der Waals surface area (Å²) in [5.41, 5.74) is 6.41. The summed E-state index contributed by atoms with van der Waals surface area (Å²) in [5, 5.41) is 0. The summed E-state index contributed by atoms with van der Waals surface area (Å²) in [5.74, 6) is -0.424. The molecule has 1 saturated heterocycles. The number of amides is 1. The van der Waals surface area contributed by atoms with Crippen molar-refractivity contribution in [3.8, 4) is 0 Å². The molecule has 122 valence electrons. The summed E-state index contributed by atoms with van der Waals surface area (Å²) in [6, 6.07) is 7.09. The van der Waals surface area contributed by atoms with Gasteiger partial charge in [-0.05, 0) is 44.4 Å². The van der Waals surface area contributed by atoms with E-state index < -0.39 is 0 Å². The minimum Gasteiger partial charge on any atom is -0.368 e. The first-order valence-electron chi connectivity index (χ1n) is 7.99. The number of carbonyl (C=O) groups is 1. The molecule has 22 heavy (non-hydrogen) atoms. The molecule has 5 heteroatoms. The van der Waals surface area contributed by atoms with Crippen LogP contribution in [0.3, 0.4) is 0 Å². The zero-order chi connectivity index (χ0) is 16.1. The van der Waals surface area contributed by atoms with Crippen molar-refractivity contribution >= 4 is 5.91 Å². The average Bonchev–Trinajstić information content (AvgIpc) is 2.52. The van der Waals surface area contributed by atoms with Crippen molar-refractivity contribution in [1.29, 1.82) is 0 Å². The van der Waals surface area contributed by atoms with Crippen molar-refractivity contribution < 1.29 is 9.18 Å². The van der Waals surface area contributed by atoms with Gasteiger partial charge in [0.25, 0.3) is 0 Å². The highest BCUT2D eigenvalue weighted by Gasteiger charge is 2.25. The van der Waals surface area contributed by atoms with Crippen molar-refractivity contribution in [2.75, 3.05) is 26.2 Å².